The first-order valence-corrected chi connectivity index (χ1v) is 15.1. The van der Waals surface area contributed by atoms with Crippen molar-refractivity contribution >= 4 is 24.8 Å². The summed E-state index contributed by atoms with van der Waals surface area (Å²) in [5, 5.41) is 7.23. The number of rotatable bonds is 21. The van der Waals surface area contributed by atoms with Crippen molar-refractivity contribution in [3.8, 4) is 17.2 Å². The van der Waals surface area contributed by atoms with E-state index in [1.807, 2.05) is 12.1 Å². The molecule has 0 heterocycles. The average Bonchev–Trinajstić information content (AvgIpc) is 3.00. The molecule has 0 aliphatic rings. The van der Waals surface area contributed by atoms with Gasteiger partial charge in [-0.25, -0.2) is 0 Å². The summed E-state index contributed by atoms with van der Waals surface area (Å²) in [6.45, 7) is 4.23. The fourth-order valence-corrected chi connectivity index (χ4v) is 5.20. The minimum atomic E-state index is 0. The molecule has 5 nitrogen and oxygen atoms in total. The third kappa shape index (κ3) is 13.7. The van der Waals surface area contributed by atoms with E-state index in [1.165, 1.54) is 47.9 Å². The number of nitrogens with one attached hydrogen (secondary N) is 2. The van der Waals surface area contributed by atoms with Gasteiger partial charge in [0.2, 0.25) is 0 Å². The van der Waals surface area contributed by atoms with Crippen molar-refractivity contribution in [1.82, 2.24) is 10.6 Å². The highest BCUT2D eigenvalue weighted by atomic mass is 35.5. The summed E-state index contributed by atoms with van der Waals surface area (Å²) in [5.41, 5.74) is 5.37. The molecule has 0 aliphatic carbocycles. The molecule has 0 unspecified atom stereocenters. The van der Waals surface area contributed by atoms with Gasteiger partial charge in [-0.05, 0) is 112 Å². The summed E-state index contributed by atoms with van der Waals surface area (Å²) < 4.78 is 16.8. The van der Waals surface area contributed by atoms with Crippen molar-refractivity contribution in [2.75, 3.05) is 47.5 Å². The van der Waals surface area contributed by atoms with Gasteiger partial charge in [0.1, 0.15) is 5.75 Å². The first kappa shape index (κ1) is 37.6. The molecular weight excluding hydrogens is 567 g/mol. The van der Waals surface area contributed by atoms with Gasteiger partial charge >= 0.3 is 0 Å². The van der Waals surface area contributed by atoms with Crippen LogP contribution in [-0.2, 0) is 25.7 Å². The number of unbranched alkanes of at least 4 members (excludes halogenated alkanes) is 4. The van der Waals surface area contributed by atoms with Crippen LogP contribution in [-0.4, -0.2) is 47.5 Å². The molecule has 0 atom stereocenters. The molecule has 0 fully saturated rings. The molecule has 0 amide bonds. The molecule has 0 radical (unpaired) electrons. The van der Waals surface area contributed by atoms with Gasteiger partial charge in [0.25, 0.3) is 0 Å². The standard InChI is InChI=1S/C35H50N2O3.2ClH/c1-38-32-18-13-17-30(28-32)16-9-10-19-33-31(20-21-34(39-2)35(33)40-3)23-27-37-25-12-5-4-11-24-36-26-22-29-14-7-6-8-15-29;;/h6-8,13-15,17-18,20-21,28,36-37H,4-5,9-12,16,19,22-27H2,1-3H3;2*1H. The Bertz CT molecular complexity index is 1100. The molecule has 3 aromatic rings. The minimum absolute atomic E-state index is 0. The number of halogens is 2. The Morgan fingerprint density at radius 2 is 1.19 bits per heavy atom. The fourth-order valence-electron chi connectivity index (χ4n) is 5.20. The van der Waals surface area contributed by atoms with Crippen LogP contribution in [0.2, 0.25) is 0 Å². The predicted octanol–water partition coefficient (Wildman–Crippen LogP) is 7.65. The summed E-state index contributed by atoms with van der Waals surface area (Å²) in [7, 11) is 5.18. The van der Waals surface area contributed by atoms with Crippen LogP contribution in [0.25, 0.3) is 0 Å². The molecule has 2 N–H and O–H groups in total. The maximum absolute atomic E-state index is 5.82. The number of hydrogen-bond donors (Lipinski definition) is 2. The van der Waals surface area contributed by atoms with Crippen molar-refractivity contribution in [1.29, 1.82) is 0 Å². The van der Waals surface area contributed by atoms with Crippen molar-refractivity contribution in [3.63, 3.8) is 0 Å². The summed E-state index contributed by atoms with van der Waals surface area (Å²) in [6, 6.07) is 23.3. The summed E-state index contributed by atoms with van der Waals surface area (Å²) in [6.07, 6.45) is 11.4. The van der Waals surface area contributed by atoms with Gasteiger partial charge in [0.15, 0.2) is 11.5 Å². The van der Waals surface area contributed by atoms with Crippen molar-refractivity contribution in [2.24, 2.45) is 0 Å². The molecule has 3 aromatic carbocycles. The molecule has 0 aliphatic heterocycles. The van der Waals surface area contributed by atoms with Gasteiger partial charge < -0.3 is 24.8 Å². The number of hydrogen-bond acceptors (Lipinski definition) is 5. The van der Waals surface area contributed by atoms with E-state index in [4.69, 9.17) is 14.2 Å². The van der Waals surface area contributed by atoms with Gasteiger partial charge in [0.05, 0.1) is 21.3 Å². The normalized spacial score (nSPS) is 10.5. The van der Waals surface area contributed by atoms with Crippen LogP contribution >= 0.6 is 24.8 Å². The number of ether oxygens (including phenoxy) is 3. The molecular formula is C35H52Cl2N2O3. The highest BCUT2D eigenvalue weighted by molar-refractivity contribution is 5.85. The smallest absolute Gasteiger partial charge is 0.164 e. The molecule has 0 spiro atoms. The summed E-state index contributed by atoms with van der Waals surface area (Å²) >= 11 is 0. The third-order valence-electron chi connectivity index (χ3n) is 7.48. The largest absolute Gasteiger partial charge is 0.497 e. The lowest BCUT2D eigenvalue weighted by Crippen LogP contribution is -2.20. The number of methoxy groups -OCH3 is 3. The zero-order valence-electron chi connectivity index (χ0n) is 25.8. The highest BCUT2D eigenvalue weighted by Gasteiger charge is 2.14. The van der Waals surface area contributed by atoms with E-state index in [0.29, 0.717) is 0 Å². The molecule has 234 valence electrons. The maximum atomic E-state index is 5.82. The summed E-state index contributed by atoms with van der Waals surface area (Å²) in [4.78, 5) is 0. The van der Waals surface area contributed by atoms with Crippen molar-refractivity contribution in [2.45, 2.75) is 64.2 Å². The molecule has 7 heteroatoms. The van der Waals surface area contributed by atoms with E-state index >= 15 is 0 Å². The van der Waals surface area contributed by atoms with Crippen LogP contribution < -0.4 is 24.8 Å². The average molecular weight is 620 g/mol. The Morgan fingerprint density at radius 3 is 1.86 bits per heavy atom. The van der Waals surface area contributed by atoms with Gasteiger partial charge in [-0.1, -0.05) is 61.4 Å². The summed E-state index contributed by atoms with van der Waals surface area (Å²) in [5.74, 6) is 2.63. The molecule has 42 heavy (non-hydrogen) atoms. The van der Waals surface area contributed by atoms with E-state index < -0.39 is 0 Å². The lowest BCUT2D eigenvalue weighted by atomic mass is 9.96. The van der Waals surface area contributed by atoms with Crippen LogP contribution in [0.1, 0.15) is 60.8 Å². The number of benzene rings is 3. The molecule has 3 rings (SSSR count). The van der Waals surface area contributed by atoms with Gasteiger partial charge in [-0.2, -0.15) is 0 Å². The Labute approximate surface area is 266 Å². The molecule has 0 saturated carbocycles. The zero-order valence-corrected chi connectivity index (χ0v) is 27.4. The Balaban J connectivity index is 0.00000441. The number of aryl methyl sites for hydroxylation is 1. The third-order valence-corrected chi connectivity index (χ3v) is 7.48. The Kier molecular flexibility index (Phi) is 20.6. The SMILES string of the molecule is COc1cccc(CCCCc2c(CCNCCCCCCNCCc3ccccc3)ccc(OC)c2OC)c1.Cl.Cl. The second-order valence-electron chi connectivity index (χ2n) is 10.4. The topological polar surface area (TPSA) is 51.8 Å². The monoisotopic (exact) mass is 618 g/mol. The van der Waals surface area contributed by atoms with E-state index in [2.05, 4.69) is 65.2 Å². The fraction of sp³-hybridized carbons (Fsp3) is 0.486. The van der Waals surface area contributed by atoms with Crippen LogP contribution in [0, 0.1) is 0 Å². The Morgan fingerprint density at radius 1 is 0.524 bits per heavy atom. The van der Waals surface area contributed by atoms with Crippen molar-refractivity contribution in [3.05, 3.63) is 89.0 Å². The van der Waals surface area contributed by atoms with Crippen molar-refractivity contribution < 1.29 is 14.2 Å². The van der Waals surface area contributed by atoms with Crippen LogP contribution in [0.15, 0.2) is 66.7 Å². The van der Waals surface area contributed by atoms with E-state index in [9.17, 15) is 0 Å². The maximum Gasteiger partial charge on any atom is 0.164 e. The van der Waals surface area contributed by atoms with Gasteiger partial charge in [-0.3, -0.25) is 0 Å². The minimum Gasteiger partial charge on any atom is -0.497 e. The predicted molar refractivity (Wildman–Crippen MR) is 182 cm³/mol. The van der Waals surface area contributed by atoms with Gasteiger partial charge in [-0.15, -0.1) is 24.8 Å². The lowest BCUT2D eigenvalue weighted by Gasteiger charge is -2.17. The molecule has 0 aromatic heterocycles. The van der Waals surface area contributed by atoms with Crippen LogP contribution in [0.4, 0.5) is 0 Å². The first-order chi connectivity index (χ1) is 19.7. The zero-order chi connectivity index (χ0) is 28.3. The van der Waals surface area contributed by atoms with E-state index in [0.717, 1.165) is 82.0 Å². The molecule has 0 bridgehead atoms. The van der Waals surface area contributed by atoms with Gasteiger partial charge in [0, 0.05) is 5.56 Å². The Hall–Kier alpha value is -2.44. The lowest BCUT2D eigenvalue weighted by molar-refractivity contribution is 0.350. The van der Waals surface area contributed by atoms with Crippen LogP contribution in [0.5, 0.6) is 17.2 Å². The van der Waals surface area contributed by atoms with Crippen LogP contribution in [0.3, 0.4) is 0 Å². The highest BCUT2D eigenvalue weighted by Crippen LogP contribution is 2.35. The molecule has 0 saturated heterocycles. The first-order valence-electron chi connectivity index (χ1n) is 15.1. The van der Waals surface area contributed by atoms with E-state index in [1.54, 1.807) is 21.3 Å². The second kappa shape index (κ2) is 23.1. The second-order valence-corrected chi connectivity index (χ2v) is 10.4. The quantitative estimate of drug-likeness (QED) is 0.120. The van der Waals surface area contributed by atoms with E-state index in [-0.39, 0.29) is 24.8 Å².